The zero-order chi connectivity index (χ0) is 25.2. The van der Waals surface area contributed by atoms with Crippen molar-refractivity contribution in [2.75, 3.05) is 25.9 Å². The first-order chi connectivity index (χ1) is 17.4. The second-order valence-electron chi connectivity index (χ2n) is 8.36. The average Bonchev–Trinajstić information content (AvgIpc) is 3.25. The van der Waals surface area contributed by atoms with E-state index in [0.29, 0.717) is 47.7 Å². The Balaban J connectivity index is 1.60. The van der Waals surface area contributed by atoms with Gasteiger partial charge in [-0.1, -0.05) is 18.2 Å². The second-order valence-corrected chi connectivity index (χ2v) is 8.36. The Morgan fingerprint density at radius 3 is 2.64 bits per heavy atom. The molecule has 1 aliphatic heterocycles. The van der Waals surface area contributed by atoms with Crippen LogP contribution in [0.3, 0.4) is 0 Å². The molecular formula is C26H24FN5O4. The van der Waals surface area contributed by atoms with Gasteiger partial charge in [0.25, 0.3) is 0 Å². The third kappa shape index (κ3) is 4.52. The monoisotopic (exact) mass is 489 g/mol. The number of hydrogen-bond acceptors (Lipinski definition) is 6. The summed E-state index contributed by atoms with van der Waals surface area (Å²) in [6, 6.07) is 13.5. The summed E-state index contributed by atoms with van der Waals surface area (Å²) in [5, 5.41) is 14.8. The van der Waals surface area contributed by atoms with Gasteiger partial charge in [0.1, 0.15) is 17.2 Å². The number of aromatic nitrogens is 3. The van der Waals surface area contributed by atoms with Crippen LogP contribution in [0, 0.1) is 5.82 Å². The van der Waals surface area contributed by atoms with E-state index in [1.54, 1.807) is 30.1 Å². The van der Waals surface area contributed by atoms with E-state index in [2.05, 4.69) is 4.98 Å². The molecule has 184 valence electrons. The standard InChI is InChI=1S/C26H24FN5O4/c1-35-19-5-2-16(3-6-19)15-32-25-23(24(30-32)17-9-12-31(13-10-17)26(33)34)22(8-11-29-25)36-21-7-4-18(28)14-20(21)27/h2-9,11,14H,10,12-13,15,28H2,1H3,(H,33,34). The number of amides is 1. The van der Waals surface area contributed by atoms with E-state index < -0.39 is 11.9 Å². The van der Waals surface area contributed by atoms with Gasteiger partial charge in [0.2, 0.25) is 0 Å². The predicted molar refractivity (Wildman–Crippen MR) is 133 cm³/mol. The summed E-state index contributed by atoms with van der Waals surface area (Å²) in [5.41, 5.74) is 9.03. The molecule has 3 heterocycles. The van der Waals surface area contributed by atoms with E-state index in [-0.39, 0.29) is 12.3 Å². The van der Waals surface area contributed by atoms with Crippen LogP contribution < -0.4 is 15.2 Å². The highest BCUT2D eigenvalue weighted by Crippen LogP contribution is 2.37. The first-order valence-electron chi connectivity index (χ1n) is 11.3. The Morgan fingerprint density at radius 1 is 1.17 bits per heavy atom. The molecule has 10 heteroatoms. The fraction of sp³-hybridized carbons (Fsp3) is 0.192. The molecule has 9 nitrogen and oxygen atoms in total. The highest BCUT2D eigenvalue weighted by atomic mass is 19.1. The number of benzene rings is 2. The molecule has 0 bridgehead atoms. The topological polar surface area (TPSA) is 116 Å². The molecule has 4 aromatic rings. The summed E-state index contributed by atoms with van der Waals surface area (Å²) in [7, 11) is 1.61. The van der Waals surface area contributed by atoms with Crippen LogP contribution in [0.2, 0.25) is 0 Å². The Bertz CT molecular complexity index is 1470. The molecule has 2 aromatic heterocycles. The molecule has 1 aliphatic rings. The number of ether oxygens (including phenoxy) is 2. The second kappa shape index (κ2) is 9.57. The number of carbonyl (C=O) groups is 1. The third-order valence-electron chi connectivity index (χ3n) is 6.05. The van der Waals surface area contributed by atoms with E-state index in [1.807, 2.05) is 30.3 Å². The summed E-state index contributed by atoms with van der Waals surface area (Å²) in [5.74, 6) is 0.585. The average molecular weight is 490 g/mol. The van der Waals surface area contributed by atoms with Gasteiger partial charge in [0, 0.05) is 31.0 Å². The van der Waals surface area contributed by atoms with Crippen molar-refractivity contribution in [2.45, 2.75) is 13.0 Å². The quantitative estimate of drug-likeness (QED) is 0.375. The van der Waals surface area contributed by atoms with Crippen LogP contribution in [-0.2, 0) is 6.54 Å². The highest BCUT2D eigenvalue weighted by molar-refractivity contribution is 5.94. The lowest BCUT2D eigenvalue weighted by Gasteiger charge is -2.23. The van der Waals surface area contributed by atoms with Crippen LogP contribution in [0.15, 0.2) is 60.8 Å². The van der Waals surface area contributed by atoms with E-state index in [1.165, 1.54) is 17.0 Å². The SMILES string of the molecule is COc1ccc(Cn2nc(C3=CCN(C(=O)O)CC3)c3c(Oc4ccc(N)cc4F)ccnc32)cc1. The number of anilines is 1. The number of carboxylic acid groups (broad SMARTS) is 1. The molecule has 2 aromatic carbocycles. The zero-order valence-corrected chi connectivity index (χ0v) is 19.5. The number of rotatable bonds is 6. The molecule has 0 radical (unpaired) electrons. The number of hydrogen-bond donors (Lipinski definition) is 2. The minimum absolute atomic E-state index is 0.0280. The van der Waals surface area contributed by atoms with Gasteiger partial charge < -0.3 is 25.2 Å². The van der Waals surface area contributed by atoms with Crippen LogP contribution in [0.25, 0.3) is 16.6 Å². The smallest absolute Gasteiger partial charge is 0.407 e. The van der Waals surface area contributed by atoms with Crippen molar-refractivity contribution in [3.8, 4) is 17.2 Å². The van der Waals surface area contributed by atoms with Crippen LogP contribution >= 0.6 is 0 Å². The number of fused-ring (bicyclic) bond motifs is 1. The molecule has 0 atom stereocenters. The van der Waals surface area contributed by atoms with Crippen LogP contribution in [0.4, 0.5) is 14.9 Å². The van der Waals surface area contributed by atoms with Crippen molar-refractivity contribution in [3.05, 3.63) is 77.9 Å². The number of nitrogens with two attached hydrogens (primary N) is 1. The summed E-state index contributed by atoms with van der Waals surface area (Å²) in [6.45, 7) is 1.03. The lowest BCUT2D eigenvalue weighted by atomic mass is 10.0. The molecule has 5 rings (SSSR count). The fourth-order valence-corrected chi connectivity index (χ4v) is 4.17. The number of nitrogens with zero attached hydrogens (tertiary/aromatic N) is 4. The Labute approximate surface area is 206 Å². The maximum absolute atomic E-state index is 14.5. The van der Waals surface area contributed by atoms with E-state index in [9.17, 15) is 14.3 Å². The molecule has 0 fully saturated rings. The Hall–Kier alpha value is -4.60. The lowest BCUT2D eigenvalue weighted by Crippen LogP contribution is -2.33. The van der Waals surface area contributed by atoms with Crippen molar-refractivity contribution >= 4 is 28.4 Å². The summed E-state index contributed by atoms with van der Waals surface area (Å²) >= 11 is 0. The maximum Gasteiger partial charge on any atom is 0.407 e. The van der Waals surface area contributed by atoms with Crippen LogP contribution in [0.5, 0.6) is 17.2 Å². The largest absolute Gasteiger partial charge is 0.497 e. The van der Waals surface area contributed by atoms with Gasteiger partial charge in [-0.15, -0.1) is 0 Å². The highest BCUT2D eigenvalue weighted by Gasteiger charge is 2.24. The minimum Gasteiger partial charge on any atom is -0.497 e. The van der Waals surface area contributed by atoms with Gasteiger partial charge in [-0.3, -0.25) is 0 Å². The number of methoxy groups -OCH3 is 1. The molecule has 3 N–H and O–H groups in total. The van der Waals surface area contributed by atoms with Gasteiger partial charge in [-0.2, -0.15) is 5.10 Å². The Morgan fingerprint density at radius 2 is 1.97 bits per heavy atom. The minimum atomic E-state index is -0.968. The van der Waals surface area contributed by atoms with Crippen molar-refractivity contribution in [2.24, 2.45) is 0 Å². The first kappa shape index (κ1) is 23.2. The van der Waals surface area contributed by atoms with Gasteiger partial charge in [0.15, 0.2) is 17.2 Å². The van der Waals surface area contributed by atoms with Gasteiger partial charge >= 0.3 is 6.09 Å². The molecule has 0 saturated heterocycles. The van der Waals surface area contributed by atoms with Gasteiger partial charge in [0.05, 0.1) is 19.0 Å². The van der Waals surface area contributed by atoms with E-state index in [4.69, 9.17) is 20.3 Å². The van der Waals surface area contributed by atoms with Crippen molar-refractivity contribution in [1.82, 2.24) is 19.7 Å². The van der Waals surface area contributed by atoms with Crippen molar-refractivity contribution in [3.63, 3.8) is 0 Å². The van der Waals surface area contributed by atoms with Crippen LogP contribution in [0.1, 0.15) is 17.7 Å². The van der Waals surface area contributed by atoms with Gasteiger partial charge in [-0.05, 0) is 47.9 Å². The molecule has 0 spiro atoms. The number of halogens is 1. The summed E-state index contributed by atoms with van der Waals surface area (Å²) in [4.78, 5) is 17.3. The molecule has 0 unspecified atom stereocenters. The predicted octanol–water partition coefficient (Wildman–Crippen LogP) is 4.77. The van der Waals surface area contributed by atoms with Crippen LogP contribution in [-0.4, -0.2) is 51.1 Å². The fourth-order valence-electron chi connectivity index (χ4n) is 4.17. The van der Waals surface area contributed by atoms with E-state index >= 15 is 0 Å². The molecule has 0 saturated carbocycles. The lowest BCUT2D eigenvalue weighted by molar-refractivity contribution is 0.150. The molecule has 1 amide bonds. The number of pyridine rings is 1. The summed E-state index contributed by atoms with van der Waals surface area (Å²) in [6.07, 6.45) is 2.94. The van der Waals surface area contributed by atoms with Crippen molar-refractivity contribution < 1.29 is 23.8 Å². The summed E-state index contributed by atoms with van der Waals surface area (Å²) < 4.78 is 27.5. The van der Waals surface area contributed by atoms with E-state index in [0.717, 1.165) is 16.9 Å². The molecule has 0 aliphatic carbocycles. The van der Waals surface area contributed by atoms with Gasteiger partial charge in [-0.25, -0.2) is 18.9 Å². The number of nitrogen functional groups attached to an aromatic ring is 1. The molecular weight excluding hydrogens is 465 g/mol. The first-order valence-corrected chi connectivity index (χ1v) is 11.3. The zero-order valence-electron chi connectivity index (χ0n) is 19.5. The third-order valence-corrected chi connectivity index (χ3v) is 6.05. The normalized spacial score (nSPS) is 13.5. The molecule has 36 heavy (non-hydrogen) atoms. The maximum atomic E-state index is 14.5. The van der Waals surface area contributed by atoms with Crippen molar-refractivity contribution in [1.29, 1.82) is 0 Å². The Kier molecular flexibility index (Phi) is 6.16.